The van der Waals surface area contributed by atoms with Gasteiger partial charge in [-0.25, -0.2) is 4.68 Å². The van der Waals surface area contributed by atoms with Crippen LogP contribution in [0.5, 0.6) is 0 Å². The quantitative estimate of drug-likeness (QED) is 0.719. The zero-order chi connectivity index (χ0) is 18.9. The van der Waals surface area contributed by atoms with Gasteiger partial charge in [0, 0.05) is 23.0 Å². The molecule has 3 N–H and O–H groups in total. The van der Waals surface area contributed by atoms with E-state index < -0.39 is 0 Å². The molecule has 0 unspecified atom stereocenters. The summed E-state index contributed by atoms with van der Waals surface area (Å²) in [5.41, 5.74) is 8.40. The lowest BCUT2D eigenvalue weighted by molar-refractivity contribution is 0.222. The monoisotopic (exact) mass is 384 g/mol. The zero-order valence-corrected chi connectivity index (χ0v) is 15.6. The summed E-state index contributed by atoms with van der Waals surface area (Å²) < 4.78 is 1.59. The normalized spacial score (nSPS) is 22.7. The van der Waals surface area contributed by atoms with E-state index in [1.807, 2.05) is 18.2 Å². The van der Waals surface area contributed by atoms with Crippen LogP contribution >= 0.6 is 11.6 Å². The fraction of sp³-hybridized carbons (Fsp3) is 0.368. The van der Waals surface area contributed by atoms with Gasteiger partial charge in [-0.05, 0) is 49.4 Å². The molecular weight excluding hydrogens is 364 g/mol. The van der Waals surface area contributed by atoms with Crippen molar-refractivity contribution in [2.24, 2.45) is 5.73 Å². The zero-order valence-electron chi connectivity index (χ0n) is 14.8. The Kier molecular flexibility index (Phi) is 4.80. The van der Waals surface area contributed by atoms with Crippen molar-refractivity contribution in [3.63, 3.8) is 0 Å². The van der Waals surface area contributed by atoms with Gasteiger partial charge in [-0.15, -0.1) is 5.10 Å². The molecule has 4 rings (SSSR count). The molecule has 1 aliphatic carbocycles. The second-order valence-corrected chi connectivity index (χ2v) is 7.52. The first-order valence-electron chi connectivity index (χ1n) is 9.04. The topological polar surface area (TPSA) is 102 Å². The van der Waals surface area contributed by atoms with Crippen molar-refractivity contribution in [2.45, 2.75) is 37.1 Å². The SMILES string of the molecule is NC[C@]1(c2cccc(Cl)c2)CC[C@H](n2nc(-c3c[nH]nn3)ccc2=O)CC1. The average Bonchev–Trinajstić information content (AvgIpc) is 3.23. The van der Waals surface area contributed by atoms with E-state index in [0.717, 1.165) is 30.7 Å². The standard InChI is InChI=1S/C19H21ClN6O/c20-14-3-1-2-13(10-14)19(12-21)8-6-15(7-9-19)26-18(27)5-4-16(24-26)17-11-22-25-23-17/h1-5,10-11,15H,6-9,12,21H2,(H,22,23,25)/t15-,19-. The highest BCUT2D eigenvalue weighted by atomic mass is 35.5. The fourth-order valence-electron chi connectivity index (χ4n) is 3.98. The molecule has 0 amide bonds. The predicted molar refractivity (Wildman–Crippen MR) is 104 cm³/mol. The summed E-state index contributed by atoms with van der Waals surface area (Å²) in [5.74, 6) is 0. The molecule has 0 atom stereocenters. The third-order valence-corrected chi connectivity index (χ3v) is 5.83. The molecule has 0 bridgehead atoms. The molecule has 2 heterocycles. The van der Waals surface area contributed by atoms with Crippen LogP contribution in [0.1, 0.15) is 37.3 Å². The number of nitrogens with zero attached hydrogens (tertiary/aromatic N) is 4. The lowest BCUT2D eigenvalue weighted by atomic mass is 9.68. The van der Waals surface area contributed by atoms with Crippen LogP contribution in [0.2, 0.25) is 5.02 Å². The number of H-pyrrole nitrogens is 1. The Labute approximate surface area is 161 Å². The van der Waals surface area contributed by atoms with Gasteiger partial charge in [0.05, 0.1) is 12.2 Å². The van der Waals surface area contributed by atoms with Crippen LogP contribution in [-0.2, 0) is 5.41 Å². The smallest absolute Gasteiger partial charge is 0.267 e. The molecule has 140 valence electrons. The van der Waals surface area contributed by atoms with E-state index in [1.165, 1.54) is 5.56 Å². The first kappa shape index (κ1) is 17.9. The van der Waals surface area contributed by atoms with E-state index in [-0.39, 0.29) is 17.0 Å². The Morgan fingerprint density at radius 2 is 2.04 bits per heavy atom. The number of nitrogens with two attached hydrogens (primary N) is 1. The van der Waals surface area contributed by atoms with Crippen LogP contribution in [0.3, 0.4) is 0 Å². The minimum atomic E-state index is -0.102. The molecule has 3 aromatic rings. The molecule has 0 radical (unpaired) electrons. The van der Waals surface area contributed by atoms with Gasteiger partial charge in [0.2, 0.25) is 0 Å². The summed E-state index contributed by atoms with van der Waals surface area (Å²) in [6.07, 6.45) is 5.10. The average molecular weight is 385 g/mol. The second kappa shape index (κ2) is 7.25. The van der Waals surface area contributed by atoms with E-state index >= 15 is 0 Å². The number of aromatic amines is 1. The van der Waals surface area contributed by atoms with Crippen molar-refractivity contribution in [2.75, 3.05) is 6.54 Å². The van der Waals surface area contributed by atoms with Crippen molar-refractivity contribution in [1.82, 2.24) is 25.2 Å². The highest BCUT2D eigenvalue weighted by Gasteiger charge is 2.37. The van der Waals surface area contributed by atoms with Crippen molar-refractivity contribution < 1.29 is 0 Å². The van der Waals surface area contributed by atoms with Gasteiger partial charge in [0.25, 0.3) is 5.56 Å². The Morgan fingerprint density at radius 3 is 2.70 bits per heavy atom. The Morgan fingerprint density at radius 1 is 1.22 bits per heavy atom. The van der Waals surface area contributed by atoms with Gasteiger partial charge in [-0.1, -0.05) is 28.9 Å². The van der Waals surface area contributed by atoms with Gasteiger partial charge >= 0.3 is 0 Å². The van der Waals surface area contributed by atoms with Gasteiger partial charge in [0.1, 0.15) is 11.4 Å². The van der Waals surface area contributed by atoms with Crippen molar-refractivity contribution >= 4 is 11.6 Å². The van der Waals surface area contributed by atoms with Crippen molar-refractivity contribution in [3.05, 3.63) is 63.5 Å². The Hall–Kier alpha value is -2.51. The summed E-state index contributed by atoms with van der Waals surface area (Å²) in [6.45, 7) is 0.557. The minimum absolute atomic E-state index is 0.0446. The van der Waals surface area contributed by atoms with Crippen LogP contribution in [0.4, 0.5) is 0 Å². The molecule has 1 aromatic carbocycles. The maximum Gasteiger partial charge on any atom is 0.267 e. The number of nitrogens with one attached hydrogen (secondary N) is 1. The number of hydrogen-bond acceptors (Lipinski definition) is 5. The Bertz CT molecular complexity index is 976. The van der Waals surface area contributed by atoms with E-state index in [9.17, 15) is 4.79 Å². The minimum Gasteiger partial charge on any atom is -0.330 e. The molecule has 7 nitrogen and oxygen atoms in total. The maximum atomic E-state index is 12.4. The number of halogens is 1. The number of hydrogen-bond donors (Lipinski definition) is 2. The van der Waals surface area contributed by atoms with Gasteiger partial charge in [0.15, 0.2) is 0 Å². The van der Waals surface area contributed by atoms with Crippen LogP contribution < -0.4 is 11.3 Å². The Balaban J connectivity index is 1.59. The maximum absolute atomic E-state index is 12.4. The van der Waals surface area contributed by atoms with Crippen molar-refractivity contribution in [3.8, 4) is 11.4 Å². The van der Waals surface area contributed by atoms with Crippen molar-refractivity contribution in [1.29, 1.82) is 0 Å². The third kappa shape index (κ3) is 3.40. The molecular formula is C19H21ClN6O. The predicted octanol–water partition coefficient (Wildman–Crippen LogP) is 2.69. The van der Waals surface area contributed by atoms with Gasteiger partial charge < -0.3 is 5.73 Å². The molecule has 8 heteroatoms. The van der Waals surface area contributed by atoms with E-state index in [4.69, 9.17) is 17.3 Å². The largest absolute Gasteiger partial charge is 0.330 e. The number of benzene rings is 1. The number of rotatable bonds is 4. The lowest BCUT2D eigenvalue weighted by Crippen LogP contribution is -2.41. The van der Waals surface area contributed by atoms with Crippen LogP contribution in [0.15, 0.2) is 47.4 Å². The summed E-state index contributed by atoms with van der Waals surface area (Å²) >= 11 is 6.18. The van der Waals surface area contributed by atoms with E-state index in [2.05, 4.69) is 26.6 Å². The summed E-state index contributed by atoms with van der Waals surface area (Å²) in [7, 11) is 0. The summed E-state index contributed by atoms with van der Waals surface area (Å²) in [5, 5.41) is 15.6. The van der Waals surface area contributed by atoms with Crippen LogP contribution in [0, 0.1) is 0 Å². The highest BCUT2D eigenvalue weighted by Crippen LogP contribution is 2.42. The fourth-order valence-corrected chi connectivity index (χ4v) is 4.17. The van der Waals surface area contributed by atoms with Crippen LogP contribution in [-0.4, -0.2) is 31.7 Å². The molecule has 0 aliphatic heterocycles. The van der Waals surface area contributed by atoms with Crippen LogP contribution in [0.25, 0.3) is 11.4 Å². The van der Waals surface area contributed by atoms with E-state index in [1.54, 1.807) is 23.0 Å². The molecule has 1 fully saturated rings. The lowest BCUT2D eigenvalue weighted by Gasteiger charge is -2.40. The van der Waals surface area contributed by atoms with Gasteiger partial charge in [-0.3, -0.25) is 9.89 Å². The first-order valence-corrected chi connectivity index (χ1v) is 9.42. The second-order valence-electron chi connectivity index (χ2n) is 7.09. The summed E-state index contributed by atoms with van der Waals surface area (Å²) in [4.78, 5) is 12.4. The molecule has 0 spiro atoms. The first-order chi connectivity index (χ1) is 13.1. The molecule has 1 saturated carbocycles. The number of aromatic nitrogens is 5. The highest BCUT2D eigenvalue weighted by molar-refractivity contribution is 6.30. The summed E-state index contributed by atoms with van der Waals surface area (Å²) in [6, 6.07) is 11.2. The molecule has 27 heavy (non-hydrogen) atoms. The van der Waals surface area contributed by atoms with Gasteiger partial charge in [-0.2, -0.15) is 5.10 Å². The molecule has 0 saturated heterocycles. The molecule has 2 aromatic heterocycles. The molecule has 1 aliphatic rings. The van der Waals surface area contributed by atoms with E-state index in [0.29, 0.717) is 17.9 Å². The third-order valence-electron chi connectivity index (χ3n) is 5.59.